The maximum Gasteiger partial charge on any atom is 0.249 e. The second kappa shape index (κ2) is 5.02. The number of hydrogen-bond donors (Lipinski definition) is 3. The Balaban J connectivity index is 1.91. The molecule has 0 aromatic carbocycles. The number of nitrogens with zero attached hydrogens (tertiary/aromatic N) is 3. The smallest absolute Gasteiger partial charge is 0.249 e. The van der Waals surface area contributed by atoms with Crippen molar-refractivity contribution in [2.24, 2.45) is 5.73 Å². The van der Waals surface area contributed by atoms with Crippen LogP contribution in [-0.4, -0.2) is 26.5 Å². The van der Waals surface area contributed by atoms with E-state index in [2.05, 4.69) is 25.9 Å². The largest absolute Gasteiger partial charge is 0.366 e. The highest BCUT2D eigenvalue weighted by molar-refractivity contribution is 7.10. The molecule has 8 heteroatoms. The number of hydrogen-bond acceptors (Lipinski definition) is 6. The van der Waals surface area contributed by atoms with Gasteiger partial charge in [-0.2, -0.15) is 5.21 Å². The van der Waals surface area contributed by atoms with E-state index in [0.717, 1.165) is 4.88 Å². The van der Waals surface area contributed by atoms with Gasteiger partial charge in [-0.05, 0) is 13.0 Å². The van der Waals surface area contributed by atoms with Gasteiger partial charge in [0.05, 0.1) is 11.6 Å². The Morgan fingerprint density at radius 1 is 1.71 bits per heavy atom. The Morgan fingerprint density at radius 2 is 2.53 bits per heavy atom. The van der Waals surface area contributed by atoms with E-state index in [1.165, 1.54) is 11.3 Å². The highest BCUT2D eigenvalue weighted by Crippen LogP contribution is 2.15. The highest BCUT2D eigenvalue weighted by Gasteiger charge is 2.10. The Hall–Kier alpha value is -1.80. The summed E-state index contributed by atoms with van der Waals surface area (Å²) < 4.78 is 0. The van der Waals surface area contributed by atoms with E-state index in [4.69, 9.17) is 5.73 Å². The van der Waals surface area contributed by atoms with Crippen LogP contribution in [0.25, 0.3) is 0 Å². The minimum Gasteiger partial charge on any atom is -0.366 e. The van der Waals surface area contributed by atoms with E-state index in [1.807, 2.05) is 6.92 Å². The van der Waals surface area contributed by atoms with Gasteiger partial charge in [0.2, 0.25) is 5.91 Å². The van der Waals surface area contributed by atoms with E-state index in [9.17, 15) is 4.79 Å². The quantitative estimate of drug-likeness (QED) is 0.704. The lowest BCUT2D eigenvalue weighted by Gasteiger charge is -2.07. The van der Waals surface area contributed by atoms with Crippen molar-refractivity contribution in [3.63, 3.8) is 0 Å². The molecule has 0 radical (unpaired) electrons. The number of aromatic nitrogens is 4. The predicted octanol–water partition coefficient (Wildman–Crippen LogP) is 0.211. The standard InChI is InChI=1S/C9H12N6OS/c1-5(9-12-14-15-13-9)11-3-7-2-6(4-17-7)8(10)16/h2,4-5,11H,3H2,1H3,(H2,10,16)(H,12,13,14,15). The predicted molar refractivity (Wildman–Crippen MR) is 62.3 cm³/mol. The number of carbonyl (C=O) groups is 1. The number of thiophene rings is 1. The number of tetrazole rings is 1. The minimum absolute atomic E-state index is 0.00659. The maximum atomic E-state index is 10.9. The zero-order valence-corrected chi connectivity index (χ0v) is 9.99. The van der Waals surface area contributed by atoms with Gasteiger partial charge in [-0.15, -0.1) is 21.5 Å². The number of H-pyrrole nitrogens is 1. The lowest BCUT2D eigenvalue weighted by Crippen LogP contribution is -2.18. The van der Waals surface area contributed by atoms with Crippen molar-refractivity contribution < 1.29 is 4.79 Å². The third-order valence-electron chi connectivity index (χ3n) is 2.27. The number of rotatable bonds is 5. The van der Waals surface area contributed by atoms with Gasteiger partial charge in [-0.1, -0.05) is 5.21 Å². The summed E-state index contributed by atoms with van der Waals surface area (Å²) in [5, 5.41) is 18.6. The van der Waals surface area contributed by atoms with E-state index in [-0.39, 0.29) is 6.04 Å². The molecule has 0 spiro atoms. The minimum atomic E-state index is -0.404. The maximum absolute atomic E-state index is 10.9. The molecule has 7 nitrogen and oxygen atoms in total. The molecule has 0 fully saturated rings. The van der Waals surface area contributed by atoms with E-state index < -0.39 is 5.91 Å². The number of nitrogens with one attached hydrogen (secondary N) is 2. The zero-order chi connectivity index (χ0) is 12.3. The molecule has 1 atom stereocenters. The third kappa shape index (κ3) is 2.86. The normalized spacial score (nSPS) is 12.5. The second-order valence-corrected chi connectivity index (χ2v) is 4.53. The monoisotopic (exact) mass is 252 g/mol. The van der Waals surface area contributed by atoms with Gasteiger partial charge >= 0.3 is 0 Å². The number of nitrogens with two attached hydrogens (primary N) is 1. The van der Waals surface area contributed by atoms with Gasteiger partial charge < -0.3 is 11.1 Å². The van der Waals surface area contributed by atoms with Crippen molar-refractivity contribution in [3.05, 3.63) is 27.7 Å². The Labute approximate surface area is 101 Å². The van der Waals surface area contributed by atoms with E-state index >= 15 is 0 Å². The molecule has 2 heterocycles. The summed E-state index contributed by atoms with van der Waals surface area (Å²) in [6.45, 7) is 2.57. The van der Waals surface area contributed by atoms with Crippen molar-refractivity contribution in [1.29, 1.82) is 0 Å². The molecule has 2 aromatic rings. The Bertz CT molecular complexity index is 493. The molecule has 0 bridgehead atoms. The number of amides is 1. The van der Waals surface area contributed by atoms with Crippen LogP contribution in [0.3, 0.4) is 0 Å². The average molecular weight is 252 g/mol. The second-order valence-electron chi connectivity index (χ2n) is 3.54. The number of carbonyl (C=O) groups excluding carboxylic acids is 1. The van der Waals surface area contributed by atoms with Crippen LogP contribution in [0.1, 0.15) is 34.0 Å². The van der Waals surface area contributed by atoms with Crippen LogP contribution in [0.15, 0.2) is 11.4 Å². The molecule has 4 N–H and O–H groups in total. The van der Waals surface area contributed by atoms with Crippen LogP contribution in [0.2, 0.25) is 0 Å². The fraction of sp³-hybridized carbons (Fsp3) is 0.333. The third-order valence-corrected chi connectivity index (χ3v) is 3.21. The SMILES string of the molecule is CC(NCc1cc(C(N)=O)cs1)c1nn[nH]n1. The van der Waals surface area contributed by atoms with Crippen molar-refractivity contribution >= 4 is 17.2 Å². The number of aromatic amines is 1. The first-order valence-corrected chi connectivity index (χ1v) is 5.88. The fourth-order valence-corrected chi connectivity index (χ4v) is 2.12. The molecule has 90 valence electrons. The Morgan fingerprint density at radius 3 is 3.12 bits per heavy atom. The average Bonchev–Trinajstić information content (AvgIpc) is 2.97. The highest BCUT2D eigenvalue weighted by atomic mass is 32.1. The van der Waals surface area contributed by atoms with Gasteiger partial charge in [0.15, 0.2) is 5.82 Å². The Kier molecular flexibility index (Phi) is 3.45. The zero-order valence-electron chi connectivity index (χ0n) is 9.17. The van der Waals surface area contributed by atoms with Gasteiger partial charge in [-0.3, -0.25) is 4.79 Å². The first kappa shape index (κ1) is 11.7. The van der Waals surface area contributed by atoms with Crippen LogP contribution >= 0.6 is 11.3 Å². The fourth-order valence-electron chi connectivity index (χ4n) is 1.30. The molecular weight excluding hydrogens is 240 g/mol. The molecule has 17 heavy (non-hydrogen) atoms. The van der Waals surface area contributed by atoms with Crippen molar-refractivity contribution in [3.8, 4) is 0 Å². The van der Waals surface area contributed by atoms with Crippen LogP contribution in [0.5, 0.6) is 0 Å². The van der Waals surface area contributed by atoms with Crippen molar-refractivity contribution in [1.82, 2.24) is 25.9 Å². The lowest BCUT2D eigenvalue weighted by molar-refractivity contribution is 0.100. The van der Waals surface area contributed by atoms with Crippen LogP contribution in [0, 0.1) is 0 Å². The van der Waals surface area contributed by atoms with E-state index in [0.29, 0.717) is 17.9 Å². The molecule has 1 amide bonds. The molecule has 0 aliphatic carbocycles. The van der Waals surface area contributed by atoms with Crippen LogP contribution < -0.4 is 11.1 Å². The van der Waals surface area contributed by atoms with Gasteiger partial charge in [0, 0.05) is 16.8 Å². The molecule has 0 aliphatic heterocycles. The summed E-state index contributed by atoms with van der Waals surface area (Å²) in [7, 11) is 0. The van der Waals surface area contributed by atoms with Crippen molar-refractivity contribution in [2.75, 3.05) is 0 Å². The van der Waals surface area contributed by atoms with Crippen molar-refractivity contribution in [2.45, 2.75) is 19.5 Å². The van der Waals surface area contributed by atoms with Gasteiger partial charge in [0.25, 0.3) is 0 Å². The number of primary amides is 1. The molecule has 2 rings (SSSR count). The summed E-state index contributed by atoms with van der Waals surface area (Å²) in [6.07, 6.45) is 0. The lowest BCUT2D eigenvalue weighted by atomic mass is 10.3. The summed E-state index contributed by atoms with van der Waals surface area (Å²) in [6, 6.07) is 1.77. The first-order valence-electron chi connectivity index (χ1n) is 5.00. The summed E-state index contributed by atoms with van der Waals surface area (Å²) in [4.78, 5) is 12.0. The molecule has 0 saturated carbocycles. The van der Waals surface area contributed by atoms with Crippen LogP contribution in [-0.2, 0) is 6.54 Å². The van der Waals surface area contributed by atoms with Gasteiger partial charge in [0.1, 0.15) is 0 Å². The topological polar surface area (TPSA) is 110 Å². The first-order chi connectivity index (χ1) is 8.16. The molecule has 1 unspecified atom stereocenters. The summed E-state index contributed by atoms with van der Waals surface area (Å²) in [5.41, 5.74) is 5.72. The summed E-state index contributed by atoms with van der Waals surface area (Å²) >= 11 is 1.49. The molecular formula is C9H12N6OS. The van der Waals surface area contributed by atoms with Crippen LogP contribution in [0.4, 0.5) is 0 Å². The molecule has 2 aromatic heterocycles. The molecule has 0 aliphatic rings. The molecule has 0 saturated heterocycles. The van der Waals surface area contributed by atoms with Gasteiger partial charge in [-0.25, -0.2) is 0 Å². The summed E-state index contributed by atoms with van der Waals surface area (Å²) in [5.74, 6) is 0.204. The van der Waals surface area contributed by atoms with E-state index in [1.54, 1.807) is 11.4 Å².